The molecule has 0 radical (unpaired) electrons. The molecule has 1 saturated heterocycles. The van der Waals surface area contributed by atoms with Crippen LogP contribution in [0.2, 0.25) is 0 Å². The number of hydrogen-bond acceptors (Lipinski definition) is 4. The molecule has 8 heteroatoms. The van der Waals surface area contributed by atoms with E-state index >= 15 is 0 Å². The molecular weight excluding hydrogens is 501 g/mol. The van der Waals surface area contributed by atoms with E-state index in [1.54, 1.807) is 30.3 Å². The molecule has 192 valence electrons. The van der Waals surface area contributed by atoms with Gasteiger partial charge in [-0.2, -0.15) is 0 Å². The van der Waals surface area contributed by atoms with E-state index in [0.29, 0.717) is 17.8 Å². The monoisotopic (exact) mass is 527 g/mol. The lowest BCUT2D eigenvalue weighted by molar-refractivity contribution is -0.127. The summed E-state index contributed by atoms with van der Waals surface area (Å²) in [6, 6.07) is 19.9. The maximum absolute atomic E-state index is 14.4. The Balaban J connectivity index is 1.41. The van der Waals surface area contributed by atoms with Crippen molar-refractivity contribution in [3.8, 4) is 0 Å². The van der Waals surface area contributed by atoms with Crippen LogP contribution in [0.1, 0.15) is 27.9 Å². The van der Waals surface area contributed by atoms with E-state index in [4.69, 9.17) is 0 Å². The first kappa shape index (κ1) is 25.5. The number of nitrogens with zero attached hydrogens (tertiary/aromatic N) is 2. The first-order chi connectivity index (χ1) is 18.2. The van der Waals surface area contributed by atoms with Crippen molar-refractivity contribution >= 4 is 51.5 Å². The summed E-state index contributed by atoms with van der Waals surface area (Å²) >= 11 is 0.812. The second kappa shape index (κ2) is 10.3. The largest absolute Gasteiger partial charge is 0.340 e. The molecule has 1 aromatic heterocycles. The number of aryl methyl sites for hydroxylation is 2. The fraction of sp³-hybridized carbons (Fsp3) is 0.167. The Labute approximate surface area is 224 Å². The molecule has 1 aliphatic heterocycles. The number of halogens is 1. The van der Waals surface area contributed by atoms with Crippen LogP contribution >= 0.6 is 11.8 Å². The van der Waals surface area contributed by atoms with Crippen molar-refractivity contribution in [2.45, 2.75) is 27.3 Å². The number of carbonyl (C=O) groups excluding carboxylic acids is 3. The Morgan fingerprint density at radius 1 is 0.974 bits per heavy atom. The molecule has 0 atom stereocenters. The van der Waals surface area contributed by atoms with Crippen LogP contribution in [0.5, 0.6) is 0 Å². The molecule has 2 heterocycles. The van der Waals surface area contributed by atoms with Crippen LogP contribution in [0.3, 0.4) is 0 Å². The smallest absolute Gasteiger partial charge is 0.294 e. The molecule has 0 saturated carbocycles. The number of carbonyl (C=O) groups is 3. The molecule has 1 aliphatic rings. The highest BCUT2D eigenvalue weighted by Gasteiger charge is 2.36. The SMILES string of the molecule is Cc1ccc(NC(=O)CN2C(=O)S/C(=C\c3c(C)n(Cc4ccccc4F)c4ccccc34)C2=O)cc1C. The summed E-state index contributed by atoms with van der Waals surface area (Å²) < 4.78 is 16.4. The lowest BCUT2D eigenvalue weighted by Gasteiger charge is -2.13. The third kappa shape index (κ3) is 4.87. The first-order valence-corrected chi connectivity index (χ1v) is 13.0. The maximum atomic E-state index is 14.4. The summed E-state index contributed by atoms with van der Waals surface area (Å²) in [7, 11) is 0. The number of aromatic nitrogens is 1. The minimum Gasteiger partial charge on any atom is -0.340 e. The Hall–Kier alpha value is -4.17. The zero-order valence-corrected chi connectivity index (χ0v) is 22.1. The van der Waals surface area contributed by atoms with E-state index < -0.39 is 17.1 Å². The van der Waals surface area contributed by atoms with E-state index in [9.17, 15) is 18.8 Å². The van der Waals surface area contributed by atoms with Crippen molar-refractivity contribution in [3.05, 3.63) is 105 Å². The van der Waals surface area contributed by atoms with Crippen molar-refractivity contribution in [3.63, 3.8) is 0 Å². The summed E-state index contributed by atoms with van der Waals surface area (Å²) in [6.45, 7) is 5.79. The van der Waals surface area contributed by atoms with Crippen LogP contribution in [0.15, 0.2) is 71.6 Å². The van der Waals surface area contributed by atoms with Gasteiger partial charge in [-0.3, -0.25) is 19.3 Å². The zero-order chi connectivity index (χ0) is 27.0. The van der Waals surface area contributed by atoms with Crippen LogP contribution in [0.25, 0.3) is 17.0 Å². The standard InChI is InChI=1S/C30H26FN3O3S/c1-18-12-13-22(14-19(18)2)32-28(35)17-34-29(36)27(38-30(34)37)15-24-20(3)33(26-11-7-5-9-23(24)26)16-21-8-4-6-10-25(21)31/h4-15H,16-17H2,1-3H3,(H,32,35)/b27-15-. The third-order valence-corrected chi connectivity index (χ3v) is 7.71. The molecule has 4 aromatic rings. The predicted molar refractivity (Wildman–Crippen MR) is 149 cm³/mol. The quantitative estimate of drug-likeness (QED) is 0.294. The van der Waals surface area contributed by atoms with Crippen LogP contribution in [-0.2, 0) is 16.1 Å². The van der Waals surface area contributed by atoms with Crippen LogP contribution < -0.4 is 5.32 Å². The van der Waals surface area contributed by atoms with E-state index in [-0.39, 0.29) is 17.3 Å². The number of imide groups is 1. The number of thioether (sulfide) groups is 1. The summed E-state index contributed by atoms with van der Waals surface area (Å²) in [4.78, 5) is 39.7. The zero-order valence-electron chi connectivity index (χ0n) is 21.2. The maximum Gasteiger partial charge on any atom is 0.294 e. The van der Waals surface area contributed by atoms with Crippen LogP contribution in [-0.4, -0.2) is 33.1 Å². The fourth-order valence-electron chi connectivity index (χ4n) is 4.57. The number of hydrogen-bond donors (Lipinski definition) is 1. The van der Waals surface area contributed by atoms with Gasteiger partial charge in [-0.25, -0.2) is 4.39 Å². The number of anilines is 1. The van der Waals surface area contributed by atoms with Gasteiger partial charge in [-0.1, -0.05) is 42.5 Å². The fourth-order valence-corrected chi connectivity index (χ4v) is 5.39. The van der Waals surface area contributed by atoms with Gasteiger partial charge < -0.3 is 9.88 Å². The molecule has 0 spiro atoms. The van der Waals surface area contributed by atoms with Gasteiger partial charge in [0, 0.05) is 33.4 Å². The average Bonchev–Trinajstić information content (AvgIpc) is 3.30. The topological polar surface area (TPSA) is 71.4 Å². The van der Waals surface area contributed by atoms with Gasteiger partial charge in [0.2, 0.25) is 5.91 Å². The second-order valence-electron chi connectivity index (χ2n) is 9.31. The van der Waals surface area contributed by atoms with Gasteiger partial charge in [0.1, 0.15) is 12.4 Å². The number of fused-ring (bicyclic) bond motifs is 1. The van der Waals surface area contributed by atoms with E-state index in [0.717, 1.165) is 49.9 Å². The highest BCUT2D eigenvalue weighted by atomic mass is 32.2. The van der Waals surface area contributed by atoms with Gasteiger partial charge in [-0.15, -0.1) is 0 Å². The lowest BCUT2D eigenvalue weighted by Crippen LogP contribution is -2.36. The summed E-state index contributed by atoms with van der Waals surface area (Å²) in [5.41, 5.74) is 5.81. The normalized spacial score (nSPS) is 14.6. The number of rotatable bonds is 6. The van der Waals surface area contributed by atoms with Crippen LogP contribution in [0, 0.1) is 26.6 Å². The van der Waals surface area contributed by atoms with Gasteiger partial charge in [0.15, 0.2) is 0 Å². The van der Waals surface area contributed by atoms with E-state index in [2.05, 4.69) is 5.32 Å². The van der Waals surface area contributed by atoms with Crippen LogP contribution in [0.4, 0.5) is 14.9 Å². The third-order valence-electron chi connectivity index (χ3n) is 6.81. The van der Waals surface area contributed by atoms with Crippen molar-refractivity contribution in [1.82, 2.24) is 9.47 Å². The van der Waals surface area contributed by atoms with E-state index in [1.165, 1.54) is 6.07 Å². The van der Waals surface area contributed by atoms with E-state index in [1.807, 2.05) is 61.7 Å². The molecule has 1 N–H and O–H groups in total. The molecule has 6 nitrogen and oxygen atoms in total. The Kier molecular flexibility index (Phi) is 6.91. The minimum absolute atomic E-state index is 0.242. The summed E-state index contributed by atoms with van der Waals surface area (Å²) in [5, 5.41) is 3.15. The van der Waals surface area contributed by atoms with Gasteiger partial charge in [-0.05, 0) is 74.0 Å². The Morgan fingerprint density at radius 3 is 2.47 bits per heavy atom. The number of nitrogens with one attached hydrogen (secondary N) is 1. The molecular formula is C30H26FN3O3S. The molecule has 38 heavy (non-hydrogen) atoms. The molecule has 1 fully saturated rings. The highest BCUT2D eigenvalue weighted by Crippen LogP contribution is 2.36. The molecule has 0 aliphatic carbocycles. The Morgan fingerprint density at radius 2 is 1.71 bits per heavy atom. The van der Waals surface area contributed by atoms with Gasteiger partial charge in [0.25, 0.3) is 11.1 Å². The average molecular weight is 528 g/mol. The second-order valence-corrected chi connectivity index (χ2v) is 10.3. The van der Waals surface area contributed by atoms with Crippen molar-refractivity contribution < 1.29 is 18.8 Å². The number of para-hydroxylation sites is 1. The molecule has 5 rings (SSSR count). The summed E-state index contributed by atoms with van der Waals surface area (Å²) in [6.07, 6.45) is 1.70. The molecule has 3 aromatic carbocycles. The highest BCUT2D eigenvalue weighted by molar-refractivity contribution is 8.18. The van der Waals surface area contributed by atoms with Crippen molar-refractivity contribution in [2.24, 2.45) is 0 Å². The molecule has 0 unspecified atom stereocenters. The van der Waals surface area contributed by atoms with Gasteiger partial charge in [0.05, 0.1) is 11.4 Å². The number of benzene rings is 3. The minimum atomic E-state index is -0.513. The van der Waals surface area contributed by atoms with Crippen molar-refractivity contribution in [1.29, 1.82) is 0 Å². The van der Waals surface area contributed by atoms with Crippen molar-refractivity contribution in [2.75, 3.05) is 11.9 Å². The Bertz CT molecular complexity index is 1640. The summed E-state index contributed by atoms with van der Waals surface area (Å²) in [5.74, 6) is -1.25. The molecule has 3 amide bonds. The lowest BCUT2D eigenvalue weighted by atomic mass is 10.1. The molecule has 0 bridgehead atoms. The number of amides is 3. The van der Waals surface area contributed by atoms with Gasteiger partial charge >= 0.3 is 0 Å². The predicted octanol–water partition coefficient (Wildman–Crippen LogP) is 6.43. The first-order valence-electron chi connectivity index (χ1n) is 12.2.